The second-order valence-corrected chi connectivity index (χ2v) is 6.45. The maximum absolute atomic E-state index is 5.58. The number of benzene rings is 1. The Bertz CT molecular complexity index is 542. The SMILES string of the molecule is c1c2c(cc3c1OCO3)[C@H]1CCC[C@H]3CCN(C2)C31. The average molecular weight is 257 g/mol. The van der Waals surface area contributed by atoms with Gasteiger partial charge in [-0.2, -0.15) is 0 Å². The van der Waals surface area contributed by atoms with Gasteiger partial charge >= 0.3 is 0 Å². The van der Waals surface area contributed by atoms with E-state index in [1.54, 1.807) is 5.56 Å². The third-order valence-electron chi connectivity index (χ3n) is 5.60. The fraction of sp³-hybridized carbons (Fsp3) is 0.625. The molecular formula is C16H19NO2. The van der Waals surface area contributed by atoms with Crippen LogP contribution in [0.5, 0.6) is 11.5 Å². The first-order chi connectivity index (χ1) is 9.40. The molecule has 5 rings (SSSR count). The Morgan fingerprint density at radius 2 is 1.95 bits per heavy atom. The molecule has 0 spiro atoms. The highest BCUT2D eigenvalue weighted by Crippen LogP contribution is 2.51. The third-order valence-corrected chi connectivity index (χ3v) is 5.60. The van der Waals surface area contributed by atoms with E-state index in [2.05, 4.69) is 17.0 Å². The van der Waals surface area contributed by atoms with E-state index in [0.29, 0.717) is 6.79 Å². The number of nitrogens with zero attached hydrogens (tertiary/aromatic N) is 1. The lowest BCUT2D eigenvalue weighted by Crippen LogP contribution is -2.43. The minimum absolute atomic E-state index is 0.388. The van der Waals surface area contributed by atoms with E-state index < -0.39 is 0 Å². The molecule has 3 atom stereocenters. The van der Waals surface area contributed by atoms with Crippen molar-refractivity contribution in [2.45, 2.75) is 44.2 Å². The zero-order chi connectivity index (χ0) is 12.4. The molecule has 3 heteroatoms. The van der Waals surface area contributed by atoms with Gasteiger partial charge in [-0.05, 0) is 55.0 Å². The van der Waals surface area contributed by atoms with Crippen molar-refractivity contribution < 1.29 is 9.47 Å². The highest BCUT2D eigenvalue weighted by atomic mass is 16.7. The van der Waals surface area contributed by atoms with Crippen molar-refractivity contribution in [3.8, 4) is 11.5 Å². The van der Waals surface area contributed by atoms with Crippen LogP contribution in [0.25, 0.3) is 0 Å². The summed E-state index contributed by atoms with van der Waals surface area (Å²) in [5.41, 5.74) is 3.03. The van der Waals surface area contributed by atoms with Crippen LogP contribution in [0.1, 0.15) is 42.7 Å². The van der Waals surface area contributed by atoms with Gasteiger partial charge in [0.15, 0.2) is 11.5 Å². The monoisotopic (exact) mass is 257 g/mol. The summed E-state index contributed by atoms with van der Waals surface area (Å²) in [5.74, 6) is 3.59. The van der Waals surface area contributed by atoms with Gasteiger partial charge in [0.2, 0.25) is 6.79 Å². The number of hydrogen-bond acceptors (Lipinski definition) is 3. The van der Waals surface area contributed by atoms with Crippen LogP contribution in [0.2, 0.25) is 0 Å². The van der Waals surface area contributed by atoms with Gasteiger partial charge in [0, 0.05) is 18.5 Å². The molecule has 3 heterocycles. The van der Waals surface area contributed by atoms with Crippen molar-refractivity contribution in [2.24, 2.45) is 5.92 Å². The second-order valence-electron chi connectivity index (χ2n) is 6.45. The Morgan fingerprint density at radius 3 is 2.89 bits per heavy atom. The summed E-state index contributed by atoms with van der Waals surface area (Å²) in [6, 6.07) is 5.32. The van der Waals surface area contributed by atoms with Crippen LogP contribution < -0.4 is 9.47 Å². The standard InChI is InChI=1S/C16H19NO2/c1-2-10-4-5-17-8-11-6-14-15(19-9-18-14)7-13(11)12(3-1)16(10)17/h6-7,10,12,16H,1-5,8-9H2/t10-,12+,16?/m0/s1. The van der Waals surface area contributed by atoms with E-state index in [9.17, 15) is 0 Å². The first-order valence-electron chi connectivity index (χ1n) is 7.56. The highest BCUT2D eigenvalue weighted by molar-refractivity contribution is 5.51. The van der Waals surface area contributed by atoms with Crippen LogP contribution in [0.4, 0.5) is 0 Å². The van der Waals surface area contributed by atoms with Crippen LogP contribution >= 0.6 is 0 Å². The molecule has 1 aromatic rings. The molecule has 1 aromatic carbocycles. The van der Waals surface area contributed by atoms with Gasteiger partial charge in [0.25, 0.3) is 0 Å². The summed E-state index contributed by atoms with van der Waals surface area (Å²) in [5, 5.41) is 0. The largest absolute Gasteiger partial charge is 0.454 e. The molecule has 0 amide bonds. The van der Waals surface area contributed by atoms with E-state index in [0.717, 1.165) is 35.9 Å². The van der Waals surface area contributed by atoms with Crippen molar-refractivity contribution in [1.82, 2.24) is 4.90 Å². The molecule has 1 unspecified atom stereocenters. The molecule has 0 bridgehead atoms. The molecule has 0 radical (unpaired) electrons. The van der Waals surface area contributed by atoms with Crippen LogP contribution in [-0.2, 0) is 6.54 Å². The maximum Gasteiger partial charge on any atom is 0.231 e. The normalized spacial score (nSPS) is 35.1. The van der Waals surface area contributed by atoms with Crippen molar-refractivity contribution >= 4 is 0 Å². The quantitative estimate of drug-likeness (QED) is 0.713. The van der Waals surface area contributed by atoms with E-state index >= 15 is 0 Å². The topological polar surface area (TPSA) is 21.7 Å². The number of fused-ring (bicyclic) bond motifs is 3. The average Bonchev–Trinajstić information content (AvgIpc) is 3.05. The highest BCUT2D eigenvalue weighted by Gasteiger charge is 2.45. The van der Waals surface area contributed by atoms with Gasteiger partial charge < -0.3 is 9.47 Å². The molecule has 19 heavy (non-hydrogen) atoms. The van der Waals surface area contributed by atoms with Gasteiger partial charge in [0.05, 0.1) is 0 Å². The van der Waals surface area contributed by atoms with E-state index in [4.69, 9.17) is 9.47 Å². The fourth-order valence-electron chi connectivity index (χ4n) is 4.84. The first-order valence-corrected chi connectivity index (χ1v) is 7.56. The van der Waals surface area contributed by atoms with E-state index in [1.165, 1.54) is 37.8 Å². The lowest BCUT2D eigenvalue weighted by molar-refractivity contribution is 0.134. The third kappa shape index (κ3) is 1.37. The minimum atomic E-state index is 0.388. The minimum Gasteiger partial charge on any atom is -0.454 e. The first kappa shape index (κ1) is 10.6. The number of rotatable bonds is 0. The van der Waals surface area contributed by atoms with E-state index in [1.807, 2.05) is 0 Å². The fourth-order valence-corrected chi connectivity index (χ4v) is 4.84. The molecule has 0 aromatic heterocycles. The summed E-state index contributed by atoms with van der Waals surface area (Å²) < 4.78 is 11.1. The second kappa shape index (κ2) is 3.66. The lowest BCUT2D eigenvalue weighted by Gasteiger charge is -2.43. The van der Waals surface area contributed by atoms with Gasteiger partial charge in [-0.1, -0.05) is 6.42 Å². The van der Waals surface area contributed by atoms with Gasteiger partial charge in [-0.15, -0.1) is 0 Å². The molecule has 0 N–H and O–H groups in total. The van der Waals surface area contributed by atoms with Crippen LogP contribution in [0.3, 0.4) is 0 Å². The smallest absolute Gasteiger partial charge is 0.231 e. The summed E-state index contributed by atoms with van der Waals surface area (Å²) in [7, 11) is 0. The molecule has 100 valence electrons. The summed E-state index contributed by atoms with van der Waals surface area (Å²) >= 11 is 0. The maximum atomic E-state index is 5.58. The molecule has 3 aliphatic heterocycles. The van der Waals surface area contributed by atoms with Gasteiger partial charge in [-0.3, -0.25) is 4.90 Å². The predicted molar refractivity (Wildman–Crippen MR) is 71.5 cm³/mol. The Labute approximate surface area is 113 Å². The molecule has 1 aliphatic carbocycles. The molecule has 1 saturated heterocycles. The van der Waals surface area contributed by atoms with Crippen molar-refractivity contribution in [1.29, 1.82) is 0 Å². The van der Waals surface area contributed by atoms with Crippen LogP contribution in [0, 0.1) is 5.92 Å². The lowest BCUT2D eigenvalue weighted by atomic mass is 9.71. The Hall–Kier alpha value is -1.22. The zero-order valence-electron chi connectivity index (χ0n) is 11.1. The summed E-state index contributed by atoms with van der Waals surface area (Å²) in [6.45, 7) is 2.79. The van der Waals surface area contributed by atoms with Crippen LogP contribution in [-0.4, -0.2) is 24.3 Å². The summed E-state index contributed by atoms with van der Waals surface area (Å²) in [4.78, 5) is 2.72. The van der Waals surface area contributed by atoms with Crippen LogP contribution in [0.15, 0.2) is 12.1 Å². The molecule has 2 fully saturated rings. The summed E-state index contributed by atoms with van der Waals surface area (Å²) in [6.07, 6.45) is 5.59. The van der Waals surface area contributed by atoms with Crippen molar-refractivity contribution in [3.63, 3.8) is 0 Å². The molecule has 1 saturated carbocycles. The Morgan fingerprint density at radius 1 is 1.05 bits per heavy atom. The molecule has 3 nitrogen and oxygen atoms in total. The zero-order valence-corrected chi connectivity index (χ0v) is 11.1. The van der Waals surface area contributed by atoms with Crippen molar-refractivity contribution in [2.75, 3.05) is 13.3 Å². The predicted octanol–water partition coefficient (Wildman–Crippen LogP) is 2.89. The molecular weight excluding hydrogens is 238 g/mol. The molecule has 4 aliphatic rings. The number of ether oxygens (including phenoxy) is 2. The van der Waals surface area contributed by atoms with Crippen molar-refractivity contribution in [3.05, 3.63) is 23.3 Å². The van der Waals surface area contributed by atoms with Gasteiger partial charge in [0.1, 0.15) is 0 Å². The number of hydrogen-bond donors (Lipinski definition) is 0. The Kier molecular flexibility index (Phi) is 2.03. The van der Waals surface area contributed by atoms with E-state index in [-0.39, 0.29) is 0 Å². The Balaban J connectivity index is 1.65. The van der Waals surface area contributed by atoms with Gasteiger partial charge in [-0.25, -0.2) is 0 Å².